The van der Waals surface area contributed by atoms with Crippen LogP contribution in [0.3, 0.4) is 0 Å². The molecule has 0 saturated heterocycles. The summed E-state index contributed by atoms with van der Waals surface area (Å²) in [6.45, 7) is 4.17. The van der Waals surface area contributed by atoms with Crippen LogP contribution < -0.4 is 4.74 Å². The molecule has 6 rings (SSSR count). The lowest BCUT2D eigenvalue weighted by atomic mass is 9.65. The molecule has 0 N–H and O–H groups in total. The second-order valence-electron chi connectivity index (χ2n) is 10.0. The van der Waals surface area contributed by atoms with Crippen LogP contribution in [-0.2, 0) is 10.9 Å². The van der Waals surface area contributed by atoms with Crippen LogP contribution in [0.5, 0.6) is 5.75 Å². The minimum Gasteiger partial charge on any atom is -0.480 e. The number of fused-ring (bicyclic) bond motifs is 2. The fourth-order valence-electron chi connectivity index (χ4n) is 6.87. The SMILES string of the molecule is C=CC1(Oc2ccc([S+](c3ccccc3)c3ccccc3)cc2F)CC2CC3CC(C2)C1C3. The van der Waals surface area contributed by atoms with Gasteiger partial charge in [-0.2, -0.15) is 0 Å². The highest BCUT2D eigenvalue weighted by atomic mass is 32.2. The Hall–Kier alpha value is -2.52. The number of rotatable bonds is 6. The van der Waals surface area contributed by atoms with Crippen LogP contribution in [0.25, 0.3) is 0 Å². The highest BCUT2D eigenvalue weighted by Crippen LogP contribution is 2.60. The van der Waals surface area contributed by atoms with Crippen molar-refractivity contribution in [3.63, 3.8) is 0 Å². The number of benzene rings is 3. The first-order chi connectivity index (χ1) is 16.1. The van der Waals surface area contributed by atoms with Gasteiger partial charge in [0.1, 0.15) is 5.60 Å². The largest absolute Gasteiger partial charge is 0.480 e. The standard InChI is InChI=1S/C30H30FOS/c1-2-30(20-22-15-21-16-23(17-22)27(30)18-21)32-29-14-13-26(19-28(29)31)33(24-9-5-3-6-10-24)25-11-7-4-8-12-25/h2-14,19,21-23,27H,1,15-18,20H2/q+1. The molecule has 0 radical (unpaired) electrons. The monoisotopic (exact) mass is 457 g/mol. The zero-order valence-corrected chi connectivity index (χ0v) is 19.6. The van der Waals surface area contributed by atoms with E-state index in [0.717, 1.165) is 17.2 Å². The minimum absolute atomic E-state index is 0.273. The molecule has 0 spiro atoms. The second kappa shape index (κ2) is 8.36. The molecule has 3 aliphatic rings. The molecule has 3 aromatic carbocycles. The maximum Gasteiger partial charge on any atom is 0.170 e. The second-order valence-corrected chi connectivity index (χ2v) is 12.1. The highest BCUT2D eigenvalue weighted by molar-refractivity contribution is 7.97. The first-order valence-corrected chi connectivity index (χ1v) is 13.3. The topological polar surface area (TPSA) is 9.23 Å². The van der Waals surface area contributed by atoms with Crippen molar-refractivity contribution in [1.82, 2.24) is 0 Å². The summed E-state index contributed by atoms with van der Waals surface area (Å²) in [6.07, 6.45) is 8.13. The van der Waals surface area contributed by atoms with E-state index in [1.807, 2.05) is 54.6 Å². The predicted octanol–water partition coefficient (Wildman–Crippen LogP) is 7.68. The van der Waals surface area contributed by atoms with Crippen molar-refractivity contribution in [3.05, 3.63) is 97.3 Å². The van der Waals surface area contributed by atoms with Crippen molar-refractivity contribution in [2.45, 2.75) is 52.4 Å². The number of ether oxygens (including phenoxy) is 1. The molecular formula is C30H30FOS+. The molecule has 0 aromatic heterocycles. The van der Waals surface area contributed by atoms with E-state index in [-0.39, 0.29) is 16.7 Å². The third kappa shape index (κ3) is 3.71. The van der Waals surface area contributed by atoms with E-state index in [4.69, 9.17) is 4.74 Å². The Morgan fingerprint density at radius 3 is 2.12 bits per heavy atom. The maximum absolute atomic E-state index is 15.6. The van der Waals surface area contributed by atoms with Gasteiger partial charge in [-0.15, -0.1) is 0 Å². The van der Waals surface area contributed by atoms with E-state index < -0.39 is 5.60 Å². The third-order valence-electron chi connectivity index (χ3n) is 8.07. The van der Waals surface area contributed by atoms with E-state index >= 15 is 4.39 Å². The van der Waals surface area contributed by atoms with Gasteiger partial charge < -0.3 is 4.74 Å². The average Bonchev–Trinajstić information content (AvgIpc) is 3.09. The van der Waals surface area contributed by atoms with Gasteiger partial charge in [0, 0.05) is 12.0 Å². The Kier molecular flexibility index (Phi) is 5.33. The molecule has 33 heavy (non-hydrogen) atoms. The first-order valence-electron chi connectivity index (χ1n) is 12.1. The Bertz CT molecular complexity index is 1100. The minimum atomic E-state index is -0.429. The van der Waals surface area contributed by atoms with Crippen LogP contribution in [0, 0.1) is 29.5 Å². The Morgan fingerprint density at radius 2 is 1.48 bits per heavy atom. The van der Waals surface area contributed by atoms with Crippen LogP contribution >= 0.6 is 0 Å². The molecule has 5 unspecified atom stereocenters. The lowest BCUT2D eigenvalue weighted by Crippen LogP contribution is -2.48. The predicted molar refractivity (Wildman–Crippen MR) is 132 cm³/mol. The molecular weight excluding hydrogens is 427 g/mol. The maximum atomic E-state index is 15.6. The van der Waals surface area contributed by atoms with Crippen molar-refractivity contribution >= 4 is 10.9 Å². The Balaban J connectivity index is 1.34. The zero-order chi connectivity index (χ0) is 22.4. The Labute approximate surface area is 199 Å². The van der Waals surface area contributed by atoms with E-state index in [1.54, 1.807) is 6.07 Å². The summed E-state index contributed by atoms with van der Waals surface area (Å²) < 4.78 is 22.2. The number of hydrogen-bond donors (Lipinski definition) is 0. The normalized spacial score (nSPS) is 29.9. The highest BCUT2D eigenvalue weighted by Gasteiger charge is 2.56. The van der Waals surface area contributed by atoms with Crippen LogP contribution in [0.4, 0.5) is 4.39 Å². The van der Waals surface area contributed by atoms with Gasteiger partial charge in [-0.3, -0.25) is 0 Å². The summed E-state index contributed by atoms with van der Waals surface area (Å²) in [5.74, 6) is 2.80. The van der Waals surface area contributed by atoms with Gasteiger partial charge in [0.25, 0.3) is 0 Å². The molecule has 3 aromatic rings. The number of halogens is 1. The van der Waals surface area contributed by atoms with E-state index in [1.165, 1.54) is 35.5 Å². The zero-order valence-electron chi connectivity index (χ0n) is 18.8. The Morgan fingerprint density at radius 1 is 0.818 bits per heavy atom. The van der Waals surface area contributed by atoms with E-state index in [9.17, 15) is 0 Å². The molecule has 5 atom stereocenters. The van der Waals surface area contributed by atoms with Gasteiger partial charge in [0.05, 0.1) is 10.9 Å². The van der Waals surface area contributed by atoms with Crippen molar-refractivity contribution < 1.29 is 9.13 Å². The van der Waals surface area contributed by atoms with Crippen molar-refractivity contribution in [2.75, 3.05) is 0 Å². The fourth-order valence-corrected chi connectivity index (χ4v) is 8.97. The van der Waals surface area contributed by atoms with Gasteiger partial charge in [-0.25, -0.2) is 4.39 Å². The van der Waals surface area contributed by atoms with Crippen LogP contribution in [0.1, 0.15) is 32.1 Å². The van der Waals surface area contributed by atoms with Gasteiger partial charge in [0.15, 0.2) is 26.3 Å². The van der Waals surface area contributed by atoms with Crippen molar-refractivity contribution in [2.24, 2.45) is 23.7 Å². The average molecular weight is 458 g/mol. The van der Waals surface area contributed by atoms with Crippen LogP contribution in [0.15, 0.2) is 106 Å². The molecule has 3 fully saturated rings. The quantitative estimate of drug-likeness (QED) is 0.272. The molecule has 3 saturated carbocycles. The molecule has 3 aliphatic carbocycles. The van der Waals surface area contributed by atoms with E-state index in [2.05, 4.69) is 30.8 Å². The van der Waals surface area contributed by atoms with Gasteiger partial charge in [-0.1, -0.05) is 43.0 Å². The molecule has 0 heterocycles. The summed E-state index contributed by atoms with van der Waals surface area (Å²) in [4.78, 5) is 3.33. The van der Waals surface area contributed by atoms with Gasteiger partial charge >= 0.3 is 0 Å². The molecule has 3 bridgehead atoms. The van der Waals surface area contributed by atoms with E-state index in [0.29, 0.717) is 23.5 Å². The summed E-state index contributed by atoms with van der Waals surface area (Å²) in [5, 5.41) is 0. The third-order valence-corrected chi connectivity index (χ3v) is 10.3. The molecule has 3 heteroatoms. The van der Waals surface area contributed by atoms with Crippen molar-refractivity contribution in [1.29, 1.82) is 0 Å². The molecule has 0 aliphatic heterocycles. The number of hydrogen-bond acceptors (Lipinski definition) is 1. The van der Waals surface area contributed by atoms with Crippen LogP contribution in [0.2, 0.25) is 0 Å². The summed E-state index contributed by atoms with van der Waals surface area (Å²) in [5.41, 5.74) is -0.429. The molecule has 1 nitrogen and oxygen atoms in total. The lowest BCUT2D eigenvalue weighted by molar-refractivity contribution is -0.0247. The molecule has 168 valence electrons. The van der Waals surface area contributed by atoms with Crippen molar-refractivity contribution in [3.8, 4) is 5.75 Å². The fraction of sp³-hybridized carbons (Fsp3) is 0.333. The van der Waals surface area contributed by atoms with Crippen LogP contribution in [-0.4, -0.2) is 5.60 Å². The summed E-state index contributed by atoms with van der Waals surface area (Å²) in [6, 6.07) is 26.3. The summed E-state index contributed by atoms with van der Waals surface area (Å²) >= 11 is 0. The summed E-state index contributed by atoms with van der Waals surface area (Å²) in [7, 11) is -0.371. The first kappa shape index (κ1) is 21.0. The lowest BCUT2D eigenvalue weighted by Gasteiger charge is -2.47. The smallest absolute Gasteiger partial charge is 0.170 e. The van der Waals surface area contributed by atoms with Gasteiger partial charge in [-0.05, 0) is 92.3 Å². The molecule has 0 amide bonds. The van der Waals surface area contributed by atoms with Gasteiger partial charge in [0.2, 0.25) is 0 Å².